The molecular weight excluding hydrogens is 600 g/mol. The summed E-state index contributed by atoms with van der Waals surface area (Å²) in [4.78, 5) is 40.1. The Bertz CT molecular complexity index is 1700. The average Bonchev–Trinajstić information content (AvgIpc) is 3.37. The largest absolute Gasteiger partial charge is 0.463 e. The lowest BCUT2D eigenvalue weighted by Crippen LogP contribution is -2.39. The molecule has 12 heteroatoms. The summed E-state index contributed by atoms with van der Waals surface area (Å²) < 4.78 is 13.9. The predicted octanol–water partition coefficient (Wildman–Crippen LogP) is 4.75. The molecule has 0 aliphatic carbocycles. The third kappa shape index (κ3) is 5.22. The number of aromatic nitrogens is 3. The van der Waals surface area contributed by atoms with Crippen LogP contribution in [0.1, 0.15) is 31.2 Å². The third-order valence-electron chi connectivity index (χ3n) is 5.38. The van der Waals surface area contributed by atoms with Crippen molar-refractivity contribution in [3.05, 3.63) is 101 Å². The predicted molar refractivity (Wildman–Crippen MR) is 144 cm³/mol. The van der Waals surface area contributed by atoms with Crippen LogP contribution in [0.15, 0.2) is 89.0 Å². The van der Waals surface area contributed by atoms with E-state index in [1.807, 2.05) is 0 Å². The summed E-state index contributed by atoms with van der Waals surface area (Å²) in [5.74, 6) is -0.0438. The molecule has 0 amide bonds. The van der Waals surface area contributed by atoms with E-state index in [4.69, 9.17) is 20.8 Å². The van der Waals surface area contributed by atoms with Gasteiger partial charge >= 0.3 is 5.97 Å². The number of allylic oxidation sites excluding steroid dienone is 1. The monoisotopic (exact) mass is 616 g/mol. The number of nitrogens with zero attached hydrogens (tertiary/aromatic N) is 4. The molecule has 0 saturated heterocycles. The lowest BCUT2D eigenvalue weighted by Gasteiger charge is -2.24. The maximum atomic E-state index is 13.7. The van der Waals surface area contributed by atoms with Gasteiger partial charge in [0, 0.05) is 23.5 Å². The smallest absolute Gasteiger partial charge is 0.338 e. The zero-order valence-electron chi connectivity index (χ0n) is 19.5. The Morgan fingerprint density at radius 3 is 2.73 bits per heavy atom. The van der Waals surface area contributed by atoms with Gasteiger partial charge in [-0.1, -0.05) is 35.1 Å². The van der Waals surface area contributed by atoms with Crippen molar-refractivity contribution >= 4 is 62.7 Å². The van der Waals surface area contributed by atoms with Crippen LogP contribution in [-0.4, -0.2) is 27.1 Å². The van der Waals surface area contributed by atoms with Crippen LogP contribution >= 0.6 is 50.6 Å². The van der Waals surface area contributed by atoms with Crippen molar-refractivity contribution in [1.82, 2.24) is 14.5 Å². The number of ether oxygens (including phenoxy) is 1. The number of fused-ring (bicyclic) bond motifs is 1. The van der Waals surface area contributed by atoms with Crippen molar-refractivity contribution in [2.75, 3.05) is 6.61 Å². The highest BCUT2D eigenvalue weighted by atomic mass is 79.9. The van der Waals surface area contributed by atoms with Crippen molar-refractivity contribution in [3.63, 3.8) is 0 Å². The highest BCUT2D eigenvalue weighted by molar-refractivity contribution is 9.10. The Labute approximate surface area is 232 Å². The molecule has 1 aliphatic heterocycles. The van der Waals surface area contributed by atoms with E-state index in [1.165, 1.54) is 27.7 Å². The lowest BCUT2D eigenvalue weighted by molar-refractivity contribution is -0.139. The maximum absolute atomic E-state index is 13.7. The van der Waals surface area contributed by atoms with Gasteiger partial charge in [-0.25, -0.2) is 19.8 Å². The van der Waals surface area contributed by atoms with Gasteiger partial charge in [-0.15, -0.1) is 0 Å². The minimum atomic E-state index is -0.709. The Hall–Kier alpha value is -2.99. The average molecular weight is 618 g/mol. The normalized spacial score (nSPS) is 15.5. The van der Waals surface area contributed by atoms with Crippen molar-refractivity contribution < 1.29 is 13.9 Å². The van der Waals surface area contributed by atoms with Crippen LogP contribution in [0.2, 0.25) is 5.02 Å². The number of hydrogen-bond donors (Lipinski definition) is 0. The number of esters is 1. The van der Waals surface area contributed by atoms with Crippen LogP contribution in [-0.2, 0) is 9.53 Å². The van der Waals surface area contributed by atoms with Crippen molar-refractivity contribution in [1.29, 1.82) is 0 Å². The van der Waals surface area contributed by atoms with E-state index < -0.39 is 12.0 Å². The number of carbonyl (C=O) groups excluding carboxylic acids is 1. The van der Waals surface area contributed by atoms with Gasteiger partial charge in [0.05, 0.1) is 32.9 Å². The van der Waals surface area contributed by atoms with E-state index >= 15 is 0 Å². The zero-order chi connectivity index (χ0) is 26.1. The van der Waals surface area contributed by atoms with Crippen LogP contribution in [0.25, 0.3) is 6.08 Å². The van der Waals surface area contributed by atoms with Crippen molar-refractivity contribution in [2.45, 2.75) is 30.1 Å². The van der Waals surface area contributed by atoms with E-state index in [2.05, 4.69) is 30.9 Å². The van der Waals surface area contributed by atoms with Gasteiger partial charge in [0.1, 0.15) is 5.76 Å². The molecule has 4 heterocycles. The van der Waals surface area contributed by atoms with Crippen LogP contribution < -0.4 is 14.9 Å². The first-order chi connectivity index (χ1) is 17.9. The number of thiazole rings is 1. The molecule has 0 saturated carbocycles. The molecule has 0 fully saturated rings. The topological polar surface area (TPSA) is 99.6 Å². The van der Waals surface area contributed by atoms with Crippen LogP contribution in [0, 0.1) is 0 Å². The third-order valence-corrected chi connectivity index (χ3v) is 8.35. The summed E-state index contributed by atoms with van der Waals surface area (Å²) in [5.41, 5.74) is 1.22. The van der Waals surface area contributed by atoms with Gasteiger partial charge in [0.25, 0.3) is 5.56 Å². The number of furan rings is 1. The molecule has 37 heavy (non-hydrogen) atoms. The molecule has 4 aromatic rings. The summed E-state index contributed by atoms with van der Waals surface area (Å²) in [6, 6.07) is 9.83. The van der Waals surface area contributed by atoms with Gasteiger partial charge in [0.15, 0.2) is 15.1 Å². The van der Waals surface area contributed by atoms with Gasteiger partial charge in [0.2, 0.25) is 0 Å². The standard InChI is InChI=1S/C25H18BrClN4O4S2/c1-3-34-22(33)19-13(2)30-25-31(20(19)14-5-7-15(27)8-6-14)21(32)18(36-25)12-16-11-17(26)23(35-16)37-24-28-9-4-10-29-24/h4-12,20H,3H2,1-2H3/b18-12+/t20-/m0/s1. The van der Waals surface area contributed by atoms with Crippen molar-refractivity contribution in [3.8, 4) is 0 Å². The number of hydrogen-bond acceptors (Lipinski definition) is 9. The van der Waals surface area contributed by atoms with E-state index in [0.717, 1.165) is 5.56 Å². The molecular formula is C25H18BrClN4O4S2. The van der Waals surface area contributed by atoms with Crippen LogP contribution in [0.3, 0.4) is 0 Å². The Morgan fingerprint density at radius 2 is 2.03 bits per heavy atom. The summed E-state index contributed by atoms with van der Waals surface area (Å²) in [5, 5.41) is 1.64. The summed E-state index contributed by atoms with van der Waals surface area (Å²) in [6.07, 6.45) is 4.96. The minimum absolute atomic E-state index is 0.203. The first-order valence-corrected chi connectivity index (χ1v) is 13.9. The second-order valence-corrected chi connectivity index (χ2v) is 11.0. The quantitative estimate of drug-likeness (QED) is 0.227. The molecule has 0 spiro atoms. The summed E-state index contributed by atoms with van der Waals surface area (Å²) in [6.45, 7) is 3.68. The molecule has 5 rings (SSSR count). The second-order valence-electron chi connectivity index (χ2n) is 7.77. The number of rotatable bonds is 6. The van der Waals surface area contributed by atoms with E-state index in [0.29, 0.717) is 46.1 Å². The minimum Gasteiger partial charge on any atom is -0.463 e. The number of carbonyl (C=O) groups is 1. The fourth-order valence-electron chi connectivity index (χ4n) is 3.81. The summed E-state index contributed by atoms with van der Waals surface area (Å²) >= 11 is 12.1. The Morgan fingerprint density at radius 1 is 1.30 bits per heavy atom. The van der Waals surface area contributed by atoms with Crippen LogP contribution in [0.4, 0.5) is 0 Å². The first kappa shape index (κ1) is 25.7. The maximum Gasteiger partial charge on any atom is 0.338 e. The highest BCUT2D eigenvalue weighted by Crippen LogP contribution is 2.34. The van der Waals surface area contributed by atoms with E-state index in [1.54, 1.807) is 68.7 Å². The summed E-state index contributed by atoms with van der Waals surface area (Å²) in [7, 11) is 0. The Balaban J connectivity index is 1.61. The second kappa shape index (κ2) is 10.8. The van der Waals surface area contributed by atoms with E-state index in [9.17, 15) is 9.59 Å². The molecule has 1 aromatic carbocycles. The molecule has 1 atom stereocenters. The van der Waals surface area contributed by atoms with E-state index in [-0.39, 0.29) is 12.2 Å². The van der Waals surface area contributed by atoms with Crippen LogP contribution in [0.5, 0.6) is 0 Å². The fourth-order valence-corrected chi connectivity index (χ4v) is 6.20. The van der Waals surface area contributed by atoms with Gasteiger partial charge in [-0.3, -0.25) is 9.36 Å². The number of halogens is 2. The number of benzene rings is 1. The Kier molecular flexibility index (Phi) is 7.47. The molecule has 0 radical (unpaired) electrons. The molecule has 8 nitrogen and oxygen atoms in total. The molecule has 0 unspecified atom stereocenters. The molecule has 3 aromatic heterocycles. The molecule has 1 aliphatic rings. The fraction of sp³-hybridized carbons (Fsp3) is 0.160. The highest BCUT2D eigenvalue weighted by Gasteiger charge is 2.33. The zero-order valence-corrected chi connectivity index (χ0v) is 23.4. The van der Waals surface area contributed by atoms with Gasteiger partial charge in [-0.2, -0.15) is 0 Å². The van der Waals surface area contributed by atoms with Gasteiger partial charge < -0.3 is 9.15 Å². The SMILES string of the molecule is CCOC(=O)C1=C(C)N=c2s/c(=C/c3cc(Br)c(Sc4ncccn4)o3)c(=O)n2[C@H]1c1ccc(Cl)cc1. The lowest BCUT2D eigenvalue weighted by atomic mass is 9.96. The molecule has 0 N–H and O–H groups in total. The van der Waals surface area contributed by atoms with Crippen molar-refractivity contribution in [2.24, 2.45) is 4.99 Å². The molecule has 0 bridgehead atoms. The molecule has 188 valence electrons. The first-order valence-electron chi connectivity index (χ1n) is 11.0. The van der Waals surface area contributed by atoms with Gasteiger partial charge in [-0.05, 0) is 71.4 Å².